The predicted octanol–water partition coefficient (Wildman–Crippen LogP) is 2.70. The van der Waals surface area contributed by atoms with Gasteiger partial charge in [-0.05, 0) is 25.1 Å². The Balaban J connectivity index is 2.11. The molecule has 1 aromatic heterocycles. The fourth-order valence-electron chi connectivity index (χ4n) is 1.60. The van der Waals surface area contributed by atoms with Gasteiger partial charge < -0.3 is 4.74 Å². The van der Waals surface area contributed by atoms with Crippen LogP contribution < -0.4 is 4.72 Å². The number of halogens is 1. The molecule has 2 aromatic rings. The summed E-state index contributed by atoms with van der Waals surface area (Å²) in [6.45, 7) is 2.01. The van der Waals surface area contributed by atoms with E-state index >= 15 is 0 Å². The van der Waals surface area contributed by atoms with Crippen LogP contribution in [0.15, 0.2) is 35.4 Å². The monoisotopic (exact) mass is 360 g/mol. The van der Waals surface area contributed by atoms with Crippen molar-refractivity contribution < 1.29 is 17.9 Å². The highest BCUT2D eigenvalue weighted by Gasteiger charge is 2.17. The van der Waals surface area contributed by atoms with Gasteiger partial charge in [-0.1, -0.05) is 17.7 Å². The van der Waals surface area contributed by atoms with Crippen molar-refractivity contribution in [1.29, 1.82) is 0 Å². The second-order valence-corrected chi connectivity index (χ2v) is 7.41. The number of ether oxygens (including phenoxy) is 1. The lowest BCUT2D eigenvalue weighted by molar-refractivity contribution is -0.142. The summed E-state index contributed by atoms with van der Waals surface area (Å²) >= 11 is 6.87. The standard InChI is InChI=1S/C13H13ClN2O4S2/c1-2-20-12(17)7-10-8-15-13(21-10)16-22(18,19)11-5-3-4-9(14)6-11/h3-6,8H,2,7H2,1H3,(H,15,16). The van der Waals surface area contributed by atoms with Gasteiger partial charge in [-0.25, -0.2) is 13.4 Å². The van der Waals surface area contributed by atoms with E-state index in [1.54, 1.807) is 19.1 Å². The maximum absolute atomic E-state index is 12.2. The minimum Gasteiger partial charge on any atom is -0.466 e. The highest BCUT2D eigenvalue weighted by Crippen LogP contribution is 2.23. The maximum Gasteiger partial charge on any atom is 0.311 e. The number of benzene rings is 1. The normalized spacial score (nSPS) is 11.2. The largest absolute Gasteiger partial charge is 0.466 e. The minimum absolute atomic E-state index is 0.0437. The van der Waals surface area contributed by atoms with E-state index < -0.39 is 10.0 Å². The first-order chi connectivity index (χ1) is 10.4. The molecule has 0 aliphatic heterocycles. The second-order valence-electron chi connectivity index (χ2n) is 4.18. The number of thiazole rings is 1. The van der Waals surface area contributed by atoms with E-state index in [0.717, 1.165) is 11.3 Å². The number of carbonyl (C=O) groups is 1. The quantitative estimate of drug-likeness (QED) is 0.800. The zero-order chi connectivity index (χ0) is 16.2. The number of esters is 1. The lowest BCUT2D eigenvalue weighted by atomic mass is 10.4. The Kier molecular flexibility index (Phi) is 5.38. The van der Waals surface area contributed by atoms with Crippen LogP contribution in [0.2, 0.25) is 5.02 Å². The van der Waals surface area contributed by atoms with Crippen molar-refractivity contribution in [3.8, 4) is 0 Å². The van der Waals surface area contributed by atoms with E-state index in [9.17, 15) is 13.2 Å². The van der Waals surface area contributed by atoms with Crippen LogP contribution >= 0.6 is 22.9 Å². The molecule has 0 bridgehead atoms. The Morgan fingerprint density at radius 1 is 1.45 bits per heavy atom. The summed E-state index contributed by atoms with van der Waals surface area (Å²) in [5.74, 6) is -0.379. The van der Waals surface area contributed by atoms with Crippen LogP contribution in [-0.4, -0.2) is 26.0 Å². The van der Waals surface area contributed by atoms with Gasteiger partial charge in [0.25, 0.3) is 10.0 Å². The van der Waals surface area contributed by atoms with Crippen LogP contribution in [0, 0.1) is 0 Å². The third kappa shape index (κ3) is 4.43. The molecule has 1 heterocycles. The average Bonchev–Trinajstić information content (AvgIpc) is 2.85. The summed E-state index contributed by atoms with van der Waals surface area (Å²) in [5.41, 5.74) is 0. The van der Waals surface area contributed by atoms with Crippen LogP contribution in [0.5, 0.6) is 0 Å². The molecule has 0 aliphatic carbocycles. The third-order valence-corrected chi connectivity index (χ3v) is 5.12. The maximum atomic E-state index is 12.2. The Labute approximate surface area is 137 Å². The summed E-state index contributed by atoms with van der Waals surface area (Å²) in [6.07, 6.45) is 1.50. The lowest BCUT2D eigenvalue weighted by Crippen LogP contribution is -2.12. The summed E-state index contributed by atoms with van der Waals surface area (Å²) in [5, 5.41) is 0.504. The van der Waals surface area contributed by atoms with E-state index in [1.165, 1.54) is 18.3 Å². The minimum atomic E-state index is -3.76. The van der Waals surface area contributed by atoms with Crippen molar-refractivity contribution in [2.45, 2.75) is 18.2 Å². The molecule has 0 saturated carbocycles. The van der Waals surface area contributed by atoms with Crippen LogP contribution in [0.3, 0.4) is 0 Å². The van der Waals surface area contributed by atoms with E-state index in [4.69, 9.17) is 16.3 Å². The fourth-order valence-corrected chi connectivity index (χ4v) is 3.94. The molecular weight excluding hydrogens is 348 g/mol. The Hall–Kier alpha value is -1.64. The Morgan fingerprint density at radius 2 is 2.23 bits per heavy atom. The summed E-state index contributed by atoms with van der Waals surface area (Å²) in [6, 6.07) is 5.91. The molecule has 0 unspecified atom stereocenters. The molecule has 22 heavy (non-hydrogen) atoms. The van der Waals surface area contributed by atoms with E-state index in [-0.39, 0.29) is 22.4 Å². The molecule has 0 spiro atoms. The molecule has 2 rings (SSSR count). The van der Waals surface area contributed by atoms with Crippen LogP contribution in [-0.2, 0) is 26.0 Å². The number of rotatable bonds is 6. The van der Waals surface area contributed by atoms with E-state index in [0.29, 0.717) is 16.5 Å². The van der Waals surface area contributed by atoms with Gasteiger partial charge >= 0.3 is 5.97 Å². The van der Waals surface area contributed by atoms with Gasteiger partial charge in [0, 0.05) is 16.1 Å². The van der Waals surface area contributed by atoms with Crippen molar-refractivity contribution in [1.82, 2.24) is 4.98 Å². The van der Waals surface area contributed by atoms with Crippen molar-refractivity contribution in [2.75, 3.05) is 11.3 Å². The summed E-state index contributed by atoms with van der Waals surface area (Å²) in [7, 11) is -3.76. The van der Waals surface area contributed by atoms with Crippen molar-refractivity contribution in [2.24, 2.45) is 0 Å². The highest BCUT2D eigenvalue weighted by atomic mass is 35.5. The molecule has 0 aliphatic rings. The zero-order valence-corrected chi connectivity index (χ0v) is 14.0. The predicted molar refractivity (Wildman–Crippen MR) is 84.7 cm³/mol. The lowest BCUT2D eigenvalue weighted by Gasteiger charge is -2.05. The van der Waals surface area contributed by atoms with Gasteiger partial charge in [0.15, 0.2) is 5.13 Å². The molecule has 0 fully saturated rings. The number of carbonyl (C=O) groups excluding carboxylic acids is 1. The smallest absolute Gasteiger partial charge is 0.311 e. The first kappa shape index (κ1) is 16.7. The Morgan fingerprint density at radius 3 is 2.91 bits per heavy atom. The SMILES string of the molecule is CCOC(=O)Cc1cnc(NS(=O)(=O)c2cccc(Cl)c2)s1. The average molecular weight is 361 g/mol. The second kappa shape index (κ2) is 7.08. The van der Waals surface area contributed by atoms with Crippen LogP contribution in [0.4, 0.5) is 5.13 Å². The number of nitrogens with one attached hydrogen (secondary N) is 1. The molecular formula is C13H13ClN2O4S2. The number of nitrogens with zero attached hydrogens (tertiary/aromatic N) is 1. The molecule has 1 N–H and O–H groups in total. The highest BCUT2D eigenvalue weighted by molar-refractivity contribution is 7.93. The van der Waals surface area contributed by atoms with Crippen LogP contribution in [0.1, 0.15) is 11.8 Å². The van der Waals surface area contributed by atoms with Crippen molar-refractivity contribution in [3.05, 3.63) is 40.4 Å². The third-order valence-electron chi connectivity index (χ3n) is 2.51. The molecule has 0 amide bonds. The van der Waals surface area contributed by atoms with E-state index in [2.05, 4.69) is 9.71 Å². The number of hydrogen-bond acceptors (Lipinski definition) is 6. The molecule has 9 heteroatoms. The van der Waals surface area contributed by atoms with Gasteiger partial charge in [-0.3, -0.25) is 9.52 Å². The summed E-state index contributed by atoms with van der Waals surface area (Å²) in [4.78, 5) is 16.0. The van der Waals surface area contributed by atoms with Gasteiger partial charge in [-0.2, -0.15) is 0 Å². The number of hydrogen-bond donors (Lipinski definition) is 1. The first-order valence-electron chi connectivity index (χ1n) is 6.29. The number of sulfonamides is 1. The number of aromatic nitrogens is 1. The van der Waals surface area contributed by atoms with E-state index in [1.807, 2.05) is 0 Å². The molecule has 1 aromatic carbocycles. The van der Waals surface area contributed by atoms with Gasteiger partial charge in [0.2, 0.25) is 0 Å². The molecule has 0 saturated heterocycles. The molecule has 0 atom stereocenters. The molecule has 118 valence electrons. The first-order valence-corrected chi connectivity index (χ1v) is 8.97. The Bertz CT molecular complexity index is 774. The van der Waals surface area contributed by atoms with Gasteiger partial charge in [0.1, 0.15) is 0 Å². The molecule has 0 radical (unpaired) electrons. The fraction of sp³-hybridized carbons (Fsp3) is 0.231. The zero-order valence-electron chi connectivity index (χ0n) is 11.6. The molecule has 6 nitrogen and oxygen atoms in total. The topological polar surface area (TPSA) is 85.4 Å². The van der Waals surface area contributed by atoms with Crippen LogP contribution in [0.25, 0.3) is 0 Å². The van der Waals surface area contributed by atoms with Crippen molar-refractivity contribution in [3.63, 3.8) is 0 Å². The summed E-state index contributed by atoms with van der Waals surface area (Å²) < 4.78 is 31.6. The number of anilines is 1. The van der Waals surface area contributed by atoms with Gasteiger partial charge in [-0.15, -0.1) is 11.3 Å². The van der Waals surface area contributed by atoms with Crippen molar-refractivity contribution >= 4 is 44.1 Å². The van der Waals surface area contributed by atoms with Gasteiger partial charge in [0.05, 0.1) is 17.9 Å².